The highest BCUT2D eigenvalue weighted by molar-refractivity contribution is 5.89. The highest BCUT2D eigenvalue weighted by atomic mass is 16.5. The van der Waals surface area contributed by atoms with Gasteiger partial charge in [-0.25, -0.2) is 4.79 Å². The number of methoxy groups -OCH3 is 1. The van der Waals surface area contributed by atoms with E-state index in [4.69, 9.17) is 4.74 Å². The van der Waals surface area contributed by atoms with Crippen molar-refractivity contribution in [1.29, 1.82) is 0 Å². The predicted molar refractivity (Wildman–Crippen MR) is 111 cm³/mol. The Bertz CT molecular complexity index is 714. The quantitative estimate of drug-likeness (QED) is 0.508. The molecular weight excluding hydrogens is 350 g/mol. The van der Waals surface area contributed by atoms with E-state index in [0.717, 1.165) is 24.3 Å². The van der Waals surface area contributed by atoms with Crippen molar-refractivity contribution in [2.75, 3.05) is 13.7 Å². The van der Waals surface area contributed by atoms with Gasteiger partial charge in [0, 0.05) is 13.0 Å². The number of carbonyl (C=O) groups is 2. The van der Waals surface area contributed by atoms with Crippen LogP contribution in [0.5, 0.6) is 0 Å². The smallest absolute Gasteiger partial charge is 0.337 e. The molecule has 1 saturated heterocycles. The Balaban J connectivity index is 1.51. The van der Waals surface area contributed by atoms with Crippen LogP contribution in [0.1, 0.15) is 60.9 Å². The topological polar surface area (TPSA) is 46.6 Å². The largest absolute Gasteiger partial charge is 0.465 e. The summed E-state index contributed by atoms with van der Waals surface area (Å²) in [4.78, 5) is 25.8. The van der Waals surface area contributed by atoms with Gasteiger partial charge in [0.05, 0.1) is 18.7 Å². The molecule has 0 radical (unpaired) electrons. The molecule has 1 atom stereocenters. The van der Waals surface area contributed by atoms with Gasteiger partial charge in [0.25, 0.3) is 0 Å². The maximum Gasteiger partial charge on any atom is 0.337 e. The molecule has 1 heterocycles. The first-order valence-corrected chi connectivity index (χ1v) is 10.5. The molecule has 0 bridgehead atoms. The summed E-state index contributed by atoms with van der Waals surface area (Å²) in [6, 6.07) is 7.62. The van der Waals surface area contributed by atoms with Crippen molar-refractivity contribution in [3.63, 3.8) is 0 Å². The van der Waals surface area contributed by atoms with Crippen molar-refractivity contribution in [3.05, 3.63) is 59.7 Å². The molecule has 3 rings (SSSR count). The first kappa shape index (κ1) is 20.4. The third-order valence-corrected chi connectivity index (χ3v) is 5.87. The van der Waals surface area contributed by atoms with Crippen LogP contribution in [0.15, 0.2) is 48.6 Å². The molecule has 1 aromatic rings. The monoisotopic (exact) mass is 381 g/mol. The summed E-state index contributed by atoms with van der Waals surface area (Å²) in [5, 5.41) is 0. The van der Waals surface area contributed by atoms with Crippen molar-refractivity contribution in [3.8, 4) is 0 Å². The summed E-state index contributed by atoms with van der Waals surface area (Å²) in [6.07, 6.45) is 17.8. The van der Waals surface area contributed by atoms with Gasteiger partial charge in [0.1, 0.15) is 0 Å². The van der Waals surface area contributed by atoms with Gasteiger partial charge in [-0.1, -0.05) is 55.7 Å². The fraction of sp³-hybridized carbons (Fsp3) is 0.500. The van der Waals surface area contributed by atoms with Gasteiger partial charge in [0.15, 0.2) is 0 Å². The summed E-state index contributed by atoms with van der Waals surface area (Å²) < 4.78 is 4.73. The van der Waals surface area contributed by atoms with E-state index < -0.39 is 0 Å². The molecule has 1 aliphatic heterocycles. The van der Waals surface area contributed by atoms with Gasteiger partial charge >= 0.3 is 5.97 Å². The Hall–Kier alpha value is -2.36. The van der Waals surface area contributed by atoms with Crippen LogP contribution >= 0.6 is 0 Å². The number of allylic oxidation sites excluding steroid dienone is 3. The second-order valence-corrected chi connectivity index (χ2v) is 7.80. The molecule has 1 saturated carbocycles. The van der Waals surface area contributed by atoms with Crippen LogP contribution in [-0.2, 0) is 16.0 Å². The molecule has 0 N–H and O–H groups in total. The molecular formula is C24H31NO3. The number of benzene rings is 1. The summed E-state index contributed by atoms with van der Waals surface area (Å²) in [6.45, 7) is 0.706. The van der Waals surface area contributed by atoms with E-state index in [2.05, 4.69) is 24.3 Å². The average Bonchev–Trinajstić information content (AvgIpc) is 3.09. The molecule has 4 nitrogen and oxygen atoms in total. The fourth-order valence-corrected chi connectivity index (χ4v) is 4.16. The average molecular weight is 382 g/mol. The first-order valence-electron chi connectivity index (χ1n) is 10.5. The van der Waals surface area contributed by atoms with E-state index in [1.807, 2.05) is 17.0 Å². The summed E-state index contributed by atoms with van der Waals surface area (Å²) in [5.74, 6) is 0.637. The standard InChI is InChI=1S/C24H31NO3/c1-28-24(27)21-13-11-20(12-14-21)17-18-25-22(15-16-23(25)26)10-6-5-9-19-7-3-2-4-8-19/h5-6,9-14,19,22H,2-4,7-8,15-18H2,1H3/b9-5+,10-6+/t22-/m0/s1. The number of likely N-dealkylation sites (tertiary alicyclic amines) is 1. The van der Waals surface area contributed by atoms with Crippen molar-refractivity contribution in [2.24, 2.45) is 5.92 Å². The highest BCUT2D eigenvalue weighted by Crippen LogP contribution is 2.25. The fourth-order valence-electron chi connectivity index (χ4n) is 4.16. The van der Waals surface area contributed by atoms with E-state index in [1.165, 1.54) is 39.2 Å². The van der Waals surface area contributed by atoms with E-state index in [1.54, 1.807) is 12.1 Å². The number of ether oxygens (including phenoxy) is 1. The molecule has 0 spiro atoms. The number of carbonyl (C=O) groups excluding carboxylic acids is 2. The van der Waals surface area contributed by atoms with Crippen LogP contribution in [-0.4, -0.2) is 36.5 Å². The number of rotatable bonds is 7. The minimum atomic E-state index is -0.326. The maximum atomic E-state index is 12.3. The molecule has 0 unspecified atom stereocenters. The lowest BCUT2D eigenvalue weighted by molar-refractivity contribution is -0.128. The van der Waals surface area contributed by atoms with Crippen LogP contribution in [0.2, 0.25) is 0 Å². The van der Waals surface area contributed by atoms with Gasteiger partial charge in [-0.3, -0.25) is 4.79 Å². The number of hydrogen-bond donors (Lipinski definition) is 0. The van der Waals surface area contributed by atoms with Crippen molar-refractivity contribution in [2.45, 2.75) is 57.4 Å². The SMILES string of the molecule is COC(=O)c1ccc(CCN2C(=O)CC[C@@H]2/C=C/C=C/C2CCCCC2)cc1. The molecule has 1 aliphatic carbocycles. The first-order chi connectivity index (χ1) is 13.7. The van der Waals surface area contributed by atoms with Crippen LogP contribution in [0.3, 0.4) is 0 Å². The molecule has 4 heteroatoms. The molecule has 0 aromatic heterocycles. The number of esters is 1. The second-order valence-electron chi connectivity index (χ2n) is 7.80. The number of amides is 1. The Morgan fingerprint density at radius 2 is 1.79 bits per heavy atom. The van der Waals surface area contributed by atoms with Gasteiger partial charge in [-0.15, -0.1) is 0 Å². The third kappa shape index (κ3) is 5.57. The normalized spacial score (nSPS) is 21.1. The lowest BCUT2D eigenvalue weighted by Gasteiger charge is -2.22. The molecule has 1 aromatic carbocycles. The Kier molecular flexibility index (Phi) is 7.46. The van der Waals surface area contributed by atoms with Crippen molar-refractivity contribution < 1.29 is 14.3 Å². The van der Waals surface area contributed by atoms with Crippen molar-refractivity contribution >= 4 is 11.9 Å². The predicted octanol–water partition coefficient (Wildman–Crippen LogP) is 4.70. The third-order valence-electron chi connectivity index (χ3n) is 5.87. The minimum absolute atomic E-state index is 0.192. The lowest BCUT2D eigenvalue weighted by Crippen LogP contribution is -2.33. The van der Waals surface area contributed by atoms with E-state index in [9.17, 15) is 9.59 Å². The molecule has 150 valence electrons. The Morgan fingerprint density at radius 1 is 1.07 bits per heavy atom. The summed E-state index contributed by atoms with van der Waals surface area (Å²) in [5.41, 5.74) is 1.67. The van der Waals surface area contributed by atoms with Gasteiger partial charge in [0.2, 0.25) is 5.91 Å². The van der Waals surface area contributed by atoms with E-state index in [-0.39, 0.29) is 17.9 Å². The van der Waals surface area contributed by atoms with Crippen molar-refractivity contribution in [1.82, 2.24) is 4.90 Å². The Morgan fingerprint density at radius 3 is 2.50 bits per heavy atom. The van der Waals surface area contributed by atoms with E-state index in [0.29, 0.717) is 18.5 Å². The summed E-state index contributed by atoms with van der Waals surface area (Å²) >= 11 is 0. The number of nitrogens with zero attached hydrogens (tertiary/aromatic N) is 1. The zero-order valence-corrected chi connectivity index (χ0v) is 16.8. The Labute approximate surface area is 168 Å². The minimum Gasteiger partial charge on any atom is -0.465 e. The van der Waals surface area contributed by atoms with Gasteiger partial charge in [-0.2, -0.15) is 0 Å². The second kappa shape index (κ2) is 10.3. The van der Waals surface area contributed by atoms with Crippen LogP contribution < -0.4 is 0 Å². The lowest BCUT2D eigenvalue weighted by atomic mass is 9.89. The van der Waals surface area contributed by atoms with Crippen LogP contribution in [0.25, 0.3) is 0 Å². The highest BCUT2D eigenvalue weighted by Gasteiger charge is 2.28. The van der Waals surface area contributed by atoms with Gasteiger partial charge < -0.3 is 9.64 Å². The van der Waals surface area contributed by atoms with E-state index >= 15 is 0 Å². The maximum absolute atomic E-state index is 12.3. The zero-order chi connectivity index (χ0) is 19.8. The van der Waals surface area contributed by atoms with Crippen LogP contribution in [0.4, 0.5) is 0 Å². The number of hydrogen-bond acceptors (Lipinski definition) is 3. The molecule has 2 fully saturated rings. The summed E-state index contributed by atoms with van der Waals surface area (Å²) in [7, 11) is 1.38. The zero-order valence-electron chi connectivity index (χ0n) is 16.8. The molecule has 1 amide bonds. The molecule has 28 heavy (non-hydrogen) atoms. The van der Waals surface area contributed by atoms with Gasteiger partial charge in [-0.05, 0) is 49.3 Å². The molecule has 2 aliphatic rings. The van der Waals surface area contributed by atoms with Crippen LogP contribution in [0, 0.1) is 5.92 Å².